The van der Waals surface area contributed by atoms with E-state index in [1.54, 1.807) is 6.33 Å². The van der Waals surface area contributed by atoms with Crippen molar-refractivity contribution in [3.05, 3.63) is 11.9 Å². The van der Waals surface area contributed by atoms with Crippen LogP contribution < -0.4 is 10.2 Å². The number of aliphatic hydroxyl groups excluding tert-OH is 1. The van der Waals surface area contributed by atoms with E-state index in [1.165, 1.54) is 0 Å². The van der Waals surface area contributed by atoms with E-state index in [2.05, 4.69) is 34.0 Å². The highest BCUT2D eigenvalue weighted by atomic mass is 16.3. The zero-order valence-corrected chi connectivity index (χ0v) is 11.8. The van der Waals surface area contributed by atoms with Crippen molar-refractivity contribution < 1.29 is 5.11 Å². The smallest absolute Gasteiger partial charge is 0.137 e. The van der Waals surface area contributed by atoms with Gasteiger partial charge in [-0.2, -0.15) is 0 Å². The van der Waals surface area contributed by atoms with Gasteiger partial charge >= 0.3 is 0 Å². The van der Waals surface area contributed by atoms with Crippen molar-refractivity contribution >= 4 is 11.6 Å². The topological polar surface area (TPSA) is 61.3 Å². The van der Waals surface area contributed by atoms with Crippen LogP contribution in [0.15, 0.2) is 6.33 Å². The molecule has 1 heterocycles. The Kier molecular flexibility index (Phi) is 5.85. The van der Waals surface area contributed by atoms with Gasteiger partial charge in [0.15, 0.2) is 0 Å². The summed E-state index contributed by atoms with van der Waals surface area (Å²) in [4.78, 5) is 10.8. The minimum absolute atomic E-state index is 0.202. The lowest BCUT2D eigenvalue weighted by Crippen LogP contribution is -2.33. The van der Waals surface area contributed by atoms with E-state index in [-0.39, 0.29) is 6.61 Å². The first-order chi connectivity index (χ1) is 8.61. The Balaban J connectivity index is 3.00. The summed E-state index contributed by atoms with van der Waals surface area (Å²) in [5, 5.41) is 12.2. The molecule has 5 heteroatoms. The van der Waals surface area contributed by atoms with Crippen molar-refractivity contribution in [3.63, 3.8) is 0 Å². The Morgan fingerprint density at radius 2 is 2.11 bits per heavy atom. The van der Waals surface area contributed by atoms with Crippen LogP contribution in [0.4, 0.5) is 11.6 Å². The molecule has 5 nitrogen and oxygen atoms in total. The number of anilines is 2. The van der Waals surface area contributed by atoms with Gasteiger partial charge in [-0.15, -0.1) is 0 Å². The molecule has 0 spiro atoms. The van der Waals surface area contributed by atoms with Crippen LogP contribution in [-0.2, 0) is 0 Å². The van der Waals surface area contributed by atoms with Gasteiger partial charge < -0.3 is 15.3 Å². The van der Waals surface area contributed by atoms with Gasteiger partial charge in [-0.25, -0.2) is 9.97 Å². The molecule has 0 radical (unpaired) electrons. The summed E-state index contributed by atoms with van der Waals surface area (Å²) < 4.78 is 0. The number of hydrogen-bond acceptors (Lipinski definition) is 5. The van der Waals surface area contributed by atoms with Gasteiger partial charge in [0.1, 0.15) is 18.0 Å². The van der Waals surface area contributed by atoms with E-state index < -0.39 is 0 Å². The van der Waals surface area contributed by atoms with Crippen LogP contribution in [0.25, 0.3) is 0 Å². The molecule has 1 aromatic rings. The SMILES string of the molecule is CCNc1ncnc(N(CCCO)C(C)C)c1C. The van der Waals surface area contributed by atoms with Crippen molar-refractivity contribution in [3.8, 4) is 0 Å². The second-order valence-electron chi connectivity index (χ2n) is 4.57. The van der Waals surface area contributed by atoms with E-state index in [9.17, 15) is 0 Å². The van der Waals surface area contributed by atoms with Crippen LogP contribution in [-0.4, -0.2) is 40.8 Å². The zero-order chi connectivity index (χ0) is 13.5. The summed E-state index contributed by atoms with van der Waals surface area (Å²) >= 11 is 0. The van der Waals surface area contributed by atoms with Crippen molar-refractivity contribution in [2.24, 2.45) is 0 Å². The molecule has 0 fully saturated rings. The molecule has 0 saturated carbocycles. The number of aromatic nitrogens is 2. The predicted molar refractivity (Wildman–Crippen MR) is 75.1 cm³/mol. The summed E-state index contributed by atoms with van der Waals surface area (Å²) in [6.45, 7) is 10.2. The molecular formula is C13H24N4O. The maximum Gasteiger partial charge on any atom is 0.137 e. The molecule has 102 valence electrons. The first kappa shape index (κ1) is 14.7. The second-order valence-corrected chi connectivity index (χ2v) is 4.57. The molecule has 18 heavy (non-hydrogen) atoms. The quantitative estimate of drug-likeness (QED) is 0.775. The molecule has 0 unspecified atom stereocenters. The molecule has 1 rings (SSSR count). The highest BCUT2D eigenvalue weighted by Crippen LogP contribution is 2.23. The minimum atomic E-state index is 0.202. The van der Waals surface area contributed by atoms with Crippen molar-refractivity contribution in [1.29, 1.82) is 0 Å². The number of aliphatic hydroxyl groups is 1. The van der Waals surface area contributed by atoms with Crippen molar-refractivity contribution in [2.45, 2.75) is 40.2 Å². The molecule has 0 bridgehead atoms. The maximum absolute atomic E-state index is 8.98. The van der Waals surface area contributed by atoms with Gasteiger partial charge in [-0.05, 0) is 34.1 Å². The fourth-order valence-electron chi connectivity index (χ4n) is 1.93. The summed E-state index contributed by atoms with van der Waals surface area (Å²) in [6, 6.07) is 0.347. The molecule has 0 amide bonds. The van der Waals surface area contributed by atoms with E-state index in [0.717, 1.165) is 36.7 Å². The first-order valence-electron chi connectivity index (χ1n) is 6.54. The molecule has 1 aromatic heterocycles. The lowest BCUT2D eigenvalue weighted by molar-refractivity contribution is 0.288. The third-order valence-electron chi connectivity index (χ3n) is 2.85. The molecule has 0 aliphatic carbocycles. The molecule has 0 saturated heterocycles. The molecule has 0 aliphatic rings. The highest BCUT2D eigenvalue weighted by molar-refractivity contribution is 5.58. The Hall–Kier alpha value is -1.36. The molecular weight excluding hydrogens is 228 g/mol. The Morgan fingerprint density at radius 3 is 2.67 bits per heavy atom. The van der Waals surface area contributed by atoms with Gasteiger partial charge in [0.25, 0.3) is 0 Å². The number of hydrogen-bond donors (Lipinski definition) is 2. The lowest BCUT2D eigenvalue weighted by atomic mass is 10.2. The Bertz CT molecular complexity index is 368. The third-order valence-corrected chi connectivity index (χ3v) is 2.85. The average molecular weight is 252 g/mol. The van der Waals surface area contributed by atoms with Crippen LogP contribution >= 0.6 is 0 Å². The largest absolute Gasteiger partial charge is 0.396 e. The fraction of sp³-hybridized carbons (Fsp3) is 0.692. The van der Waals surface area contributed by atoms with E-state index in [4.69, 9.17) is 5.11 Å². The average Bonchev–Trinajstić information content (AvgIpc) is 2.34. The Labute approximate surface area is 109 Å². The van der Waals surface area contributed by atoms with Crippen LogP contribution in [0, 0.1) is 6.92 Å². The molecule has 0 atom stereocenters. The second kappa shape index (κ2) is 7.16. The summed E-state index contributed by atoms with van der Waals surface area (Å²) in [6.07, 6.45) is 2.34. The summed E-state index contributed by atoms with van der Waals surface area (Å²) in [7, 11) is 0. The van der Waals surface area contributed by atoms with Crippen molar-refractivity contribution in [2.75, 3.05) is 29.9 Å². The molecule has 0 aromatic carbocycles. The lowest BCUT2D eigenvalue weighted by Gasteiger charge is -2.29. The highest BCUT2D eigenvalue weighted by Gasteiger charge is 2.16. The van der Waals surface area contributed by atoms with E-state index in [0.29, 0.717) is 6.04 Å². The monoisotopic (exact) mass is 252 g/mol. The summed E-state index contributed by atoms with van der Waals surface area (Å²) in [5.74, 6) is 1.83. The van der Waals surface area contributed by atoms with Crippen molar-refractivity contribution in [1.82, 2.24) is 9.97 Å². The first-order valence-corrected chi connectivity index (χ1v) is 6.54. The normalized spacial score (nSPS) is 10.8. The van der Waals surface area contributed by atoms with Gasteiger partial charge in [-0.3, -0.25) is 0 Å². The predicted octanol–water partition coefficient (Wildman–Crippen LogP) is 1.81. The van der Waals surface area contributed by atoms with Crippen LogP contribution in [0.3, 0.4) is 0 Å². The minimum Gasteiger partial charge on any atom is -0.396 e. The summed E-state index contributed by atoms with van der Waals surface area (Å²) in [5.41, 5.74) is 1.06. The number of rotatable bonds is 7. The fourth-order valence-corrected chi connectivity index (χ4v) is 1.93. The third kappa shape index (κ3) is 3.57. The van der Waals surface area contributed by atoms with Crippen LogP contribution in [0.2, 0.25) is 0 Å². The van der Waals surface area contributed by atoms with E-state index >= 15 is 0 Å². The van der Waals surface area contributed by atoms with Crippen LogP contribution in [0.5, 0.6) is 0 Å². The van der Waals surface area contributed by atoms with E-state index in [1.807, 2.05) is 13.8 Å². The maximum atomic E-state index is 8.98. The Morgan fingerprint density at radius 1 is 1.39 bits per heavy atom. The zero-order valence-electron chi connectivity index (χ0n) is 11.8. The standard InChI is InChI=1S/C13H24N4O/c1-5-14-12-11(4)13(16-9-15-12)17(10(2)3)7-6-8-18/h9-10,18H,5-8H2,1-4H3,(H,14,15,16). The molecule has 2 N–H and O–H groups in total. The van der Waals surface area contributed by atoms with Crippen LogP contribution in [0.1, 0.15) is 32.8 Å². The molecule has 0 aliphatic heterocycles. The van der Waals surface area contributed by atoms with Gasteiger partial charge in [0, 0.05) is 31.3 Å². The number of nitrogens with zero attached hydrogens (tertiary/aromatic N) is 3. The number of nitrogens with one attached hydrogen (secondary N) is 1. The van der Waals surface area contributed by atoms with Gasteiger partial charge in [-0.1, -0.05) is 0 Å². The van der Waals surface area contributed by atoms with Gasteiger partial charge in [0.2, 0.25) is 0 Å². The van der Waals surface area contributed by atoms with Gasteiger partial charge in [0.05, 0.1) is 0 Å².